The van der Waals surface area contributed by atoms with Gasteiger partial charge in [0.05, 0.1) is 4.90 Å². The average molecular weight is 393 g/mol. The van der Waals surface area contributed by atoms with E-state index in [1.165, 1.54) is 18.2 Å². The first kappa shape index (κ1) is 18.1. The van der Waals surface area contributed by atoms with E-state index in [0.717, 1.165) is 23.4 Å². The normalized spacial score (nSPS) is 11.2. The number of anilines is 3. The van der Waals surface area contributed by atoms with Crippen molar-refractivity contribution in [3.8, 4) is 0 Å². The first-order valence-corrected chi connectivity index (χ1v) is 9.35. The largest absolute Gasteiger partial charge is 0.338 e. The average Bonchev–Trinajstić information content (AvgIpc) is 2.60. The van der Waals surface area contributed by atoms with Crippen molar-refractivity contribution in [3.05, 3.63) is 71.0 Å². The number of hydrogen-bond acceptors (Lipinski definition) is 5. The lowest BCUT2D eigenvalue weighted by Crippen LogP contribution is -2.14. The molecule has 3 rings (SSSR count). The second kappa shape index (κ2) is 7.27. The van der Waals surface area contributed by atoms with Crippen LogP contribution in [-0.2, 0) is 10.0 Å². The highest BCUT2D eigenvalue weighted by Crippen LogP contribution is 2.23. The van der Waals surface area contributed by atoms with Gasteiger partial charge in [-0.1, -0.05) is 17.7 Å². The molecular weight excluding hydrogens is 379 g/mol. The molecule has 0 atom stereocenters. The lowest BCUT2D eigenvalue weighted by molar-refractivity contribution is 0.599. The molecule has 0 aliphatic rings. The number of aromatic nitrogens is 2. The number of hydrogen-bond donors (Lipinski definition) is 2. The van der Waals surface area contributed by atoms with Gasteiger partial charge in [-0.05, 0) is 61.0 Å². The van der Waals surface area contributed by atoms with Crippen molar-refractivity contribution < 1.29 is 12.8 Å². The van der Waals surface area contributed by atoms with E-state index in [0.29, 0.717) is 10.8 Å². The molecule has 0 saturated heterocycles. The highest BCUT2D eigenvalue weighted by Gasteiger charge is 2.15. The van der Waals surface area contributed by atoms with Crippen molar-refractivity contribution in [3.63, 3.8) is 0 Å². The summed E-state index contributed by atoms with van der Waals surface area (Å²) >= 11 is 5.97. The molecule has 26 heavy (non-hydrogen) atoms. The molecule has 2 aromatic carbocycles. The van der Waals surface area contributed by atoms with Crippen molar-refractivity contribution in [2.24, 2.45) is 0 Å². The van der Waals surface area contributed by atoms with Gasteiger partial charge in [0.2, 0.25) is 0 Å². The van der Waals surface area contributed by atoms with Crippen LogP contribution in [0.1, 0.15) is 5.56 Å². The Balaban J connectivity index is 1.75. The molecule has 0 aliphatic carbocycles. The molecule has 0 amide bonds. The molecule has 0 unspecified atom stereocenters. The topological polar surface area (TPSA) is 84.0 Å². The van der Waals surface area contributed by atoms with Crippen LogP contribution in [0.3, 0.4) is 0 Å². The van der Waals surface area contributed by atoms with Crippen LogP contribution in [0.25, 0.3) is 0 Å². The molecule has 1 heterocycles. The number of aryl methyl sites for hydroxylation is 1. The predicted molar refractivity (Wildman–Crippen MR) is 98.7 cm³/mol. The van der Waals surface area contributed by atoms with E-state index in [4.69, 9.17) is 11.6 Å². The Morgan fingerprint density at radius 1 is 0.962 bits per heavy atom. The molecule has 0 bridgehead atoms. The molecule has 134 valence electrons. The van der Waals surface area contributed by atoms with Gasteiger partial charge in [-0.25, -0.2) is 12.8 Å². The predicted octanol–water partition coefficient (Wildman–Crippen LogP) is 4.12. The number of nitrogens with zero attached hydrogens (tertiary/aromatic N) is 2. The van der Waals surface area contributed by atoms with Gasteiger partial charge in [0.1, 0.15) is 5.82 Å². The van der Waals surface area contributed by atoms with Crippen molar-refractivity contribution in [2.45, 2.75) is 11.8 Å². The Labute approximate surface area is 155 Å². The molecule has 2 N–H and O–H groups in total. The minimum Gasteiger partial charge on any atom is -0.338 e. The van der Waals surface area contributed by atoms with Crippen LogP contribution >= 0.6 is 11.6 Å². The monoisotopic (exact) mass is 392 g/mol. The zero-order valence-corrected chi connectivity index (χ0v) is 15.1. The van der Waals surface area contributed by atoms with Crippen LogP contribution in [0, 0.1) is 12.7 Å². The first-order valence-electron chi connectivity index (χ1n) is 7.49. The van der Waals surface area contributed by atoms with Gasteiger partial charge in [-0.15, -0.1) is 10.2 Å². The van der Waals surface area contributed by atoms with Crippen LogP contribution in [0.4, 0.5) is 21.7 Å². The second-order valence-electron chi connectivity index (χ2n) is 5.45. The zero-order chi connectivity index (χ0) is 18.7. The van der Waals surface area contributed by atoms with E-state index in [1.54, 1.807) is 18.2 Å². The molecule has 9 heteroatoms. The number of nitrogens with one attached hydrogen (secondary N) is 2. The SMILES string of the molecule is Cc1ccc(Cl)cc1Nc1ccc(NS(=O)(=O)c2ccc(F)cc2)nn1. The molecular formula is C17H14ClFN4O2S. The Morgan fingerprint density at radius 3 is 2.27 bits per heavy atom. The fourth-order valence-corrected chi connectivity index (χ4v) is 3.30. The Kier molecular flexibility index (Phi) is 5.06. The van der Waals surface area contributed by atoms with Crippen LogP contribution in [0.2, 0.25) is 5.02 Å². The summed E-state index contributed by atoms with van der Waals surface area (Å²) in [4.78, 5) is -0.0718. The number of halogens is 2. The standard InChI is InChI=1S/C17H14ClFN4O2S/c1-11-2-3-12(18)10-15(11)20-16-8-9-17(22-21-16)23-26(24,25)14-6-4-13(19)5-7-14/h2-10H,1H3,(H,20,21)(H,22,23). The Morgan fingerprint density at radius 2 is 1.62 bits per heavy atom. The number of sulfonamides is 1. The molecule has 0 radical (unpaired) electrons. The summed E-state index contributed by atoms with van der Waals surface area (Å²) < 4.78 is 39.7. The minimum absolute atomic E-state index is 0.0442. The zero-order valence-electron chi connectivity index (χ0n) is 13.6. The lowest BCUT2D eigenvalue weighted by atomic mass is 10.2. The smallest absolute Gasteiger partial charge is 0.263 e. The molecule has 0 saturated carbocycles. The van der Waals surface area contributed by atoms with Crippen molar-refractivity contribution in [1.29, 1.82) is 0 Å². The van der Waals surface area contributed by atoms with Crippen LogP contribution in [0.15, 0.2) is 59.5 Å². The third-order valence-electron chi connectivity index (χ3n) is 3.49. The number of benzene rings is 2. The van der Waals surface area contributed by atoms with Crippen molar-refractivity contribution >= 4 is 38.9 Å². The van der Waals surface area contributed by atoms with Gasteiger partial charge >= 0.3 is 0 Å². The first-order chi connectivity index (χ1) is 12.3. The van der Waals surface area contributed by atoms with Gasteiger partial charge in [0.25, 0.3) is 10.0 Å². The summed E-state index contributed by atoms with van der Waals surface area (Å²) in [6.45, 7) is 1.91. The van der Waals surface area contributed by atoms with E-state index >= 15 is 0 Å². The quantitative estimate of drug-likeness (QED) is 0.682. The van der Waals surface area contributed by atoms with E-state index in [1.807, 2.05) is 13.0 Å². The van der Waals surface area contributed by atoms with Crippen LogP contribution in [-0.4, -0.2) is 18.6 Å². The van der Waals surface area contributed by atoms with Crippen molar-refractivity contribution in [2.75, 3.05) is 10.0 Å². The highest BCUT2D eigenvalue weighted by atomic mass is 35.5. The summed E-state index contributed by atoms with van der Waals surface area (Å²) in [7, 11) is -3.87. The molecule has 3 aromatic rings. The minimum atomic E-state index is -3.87. The van der Waals surface area contributed by atoms with Crippen molar-refractivity contribution in [1.82, 2.24) is 10.2 Å². The van der Waals surface area contributed by atoms with Crippen LogP contribution in [0.5, 0.6) is 0 Å². The lowest BCUT2D eigenvalue weighted by Gasteiger charge is -2.10. The molecule has 0 spiro atoms. The van der Waals surface area contributed by atoms with Gasteiger partial charge in [-0.2, -0.15) is 0 Å². The number of rotatable bonds is 5. The third kappa shape index (κ3) is 4.27. The maximum Gasteiger partial charge on any atom is 0.263 e. The fourth-order valence-electron chi connectivity index (χ4n) is 2.13. The highest BCUT2D eigenvalue weighted by molar-refractivity contribution is 7.92. The molecule has 0 aliphatic heterocycles. The molecule has 6 nitrogen and oxygen atoms in total. The Hall–Kier alpha value is -2.71. The summed E-state index contributed by atoms with van der Waals surface area (Å²) in [5.41, 5.74) is 1.74. The van der Waals surface area contributed by atoms with E-state index < -0.39 is 15.8 Å². The third-order valence-corrected chi connectivity index (χ3v) is 5.10. The Bertz CT molecular complexity index is 1030. The summed E-state index contributed by atoms with van der Waals surface area (Å²) in [6.07, 6.45) is 0. The van der Waals surface area contributed by atoms with Gasteiger partial charge < -0.3 is 5.32 Å². The summed E-state index contributed by atoms with van der Waals surface area (Å²) in [5, 5.41) is 11.4. The van der Waals surface area contributed by atoms with E-state index in [-0.39, 0.29) is 10.7 Å². The summed E-state index contributed by atoms with van der Waals surface area (Å²) in [6, 6.07) is 12.9. The molecule has 0 fully saturated rings. The fraction of sp³-hybridized carbons (Fsp3) is 0.0588. The van der Waals surface area contributed by atoms with E-state index in [9.17, 15) is 12.8 Å². The second-order valence-corrected chi connectivity index (χ2v) is 7.57. The maximum atomic E-state index is 12.9. The summed E-state index contributed by atoms with van der Waals surface area (Å²) in [5.74, 6) is -0.0433. The van der Waals surface area contributed by atoms with Gasteiger partial charge in [0.15, 0.2) is 11.6 Å². The molecule has 1 aromatic heterocycles. The maximum absolute atomic E-state index is 12.9. The van der Waals surface area contributed by atoms with E-state index in [2.05, 4.69) is 20.2 Å². The van der Waals surface area contributed by atoms with Gasteiger partial charge in [-0.3, -0.25) is 4.72 Å². The van der Waals surface area contributed by atoms with Gasteiger partial charge in [0, 0.05) is 10.7 Å². The van der Waals surface area contributed by atoms with Crippen LogP contribution < -0.4 is 10.0 Å².